The van der Waals surface area contributed by atoms with Crippen molar-refractivity contribution in [1.29, 1.82) is 0 Å². The topological polar surface area (TPSA) is 41.5 Å². The van der Waals surface area contributed by atoms with Crippen LogP contribution in [0.25, 0.3) is 0 Å². The highest BCUT2D eigenvalue weighted by molar-refractivity contribution is 4.88. The first kappa shape index (κ1) is 17.9. The predicted molar refractivity (Wildman–Crippen MR) is 77.9 cm³/mol. The number of aliphatic hydroxyl groups is 1. The molecule has 0 spiro atoms. The monoisotopic (exact) mass is 259 g/mol. The predicted octanol–water partition coefficient (Wildman–Crippen LogP) is 2.97. The van der Waals surface area contributed by atoms with Gasteiger partial charge in [-0.2, -0.15) is 0 Å². The summed E-state index contributed by atoms with van der Waals surface area (Å²) in [6.07, 6.45) is 3.19. The third kappa shape index (κ3) is 8.90. The van der Waals surface area contributed by atoms with Crippen LogP contribution >= 0.6 is 0 Å². The second kappa shape index (κ2) is 7.46. The van der Waals surface area contributed by atoms with E-state index in [0.29, 0.717) is 5.92 Å². The third-order valence-corrected chi connectivity index (χ3v) is 3.22. The van der Waals surface area contributed by atoms with Crippen molar-refractivity contribution in [3.8, 4) is 0 Å². The van der Waals surface area contributed by atoms with E-state index in [1.165, 1.54) is 0 Å². The minimum atomic E-state index is -0.686. The van der Waals surface area contributed by atoms with Gasteiger partial charge in [0.05, 0.1) is 5.60 Å². The van der Waals surface area contributed by atoms with Crippen LogP contribution in [0.2, 0.25) is 0 Å². The summed E-state index contributed by atoms with van der Waals surface area (Å²) in [6.45, 7) is 13.3. The van der Waals surface area contributed by atoms with Gasteiger partial charge in [0.15, 0.2) is 0 Å². The molecule has 3 heteroatoms. The molecule has 0 bridgehead atoms. The van der Waals surface area contributed by atoms with E-state index in [9.17, 15) is 5.11 Å². The van der Waals surface area contributed by atoms with Crippen molar-refractivity contribution in [1.82, 2.24) is 5.32 Å². The first-order chi connectivity index (χ1) is 8.06. The van der Waals surface area contributed by atoms with E-state index < -0.39 is 5.60 Å². The van der Waals surface area contributed by atoms with E-state index in [1.54, 1.807) is 7.11 Å². The number of hydrogen-bond donors (Lipinski definition) is 2. The molecule has 0 aromatic carbocycles. The lowest BCUT2D eigenvalue weighted by Gasteiger charge is -2.36. The second-order valence-corrected chi connectivity index (χ2v) is 7.06. The molecule has 0 aliphatic carbocycles. The van der Waals surface area contributed by atoms with E-state index in [0.717, 1.165) is 25.9 Å². The summed E-state index contributed by atoms with van der Waals surface area (Å²) in [5.74, 6) is 0.636. The molecule has 3 nitrogen and oxygen atoms in total. The number of hydrogen-bond acceptors (Lipinski definition) is 3. The Kier molecular flexibility index (Phi) is 7.41. The van der Waals surface area contributed by atoms with Crippen LogP contribution in [0.3, 0.4) is 0 Å². The van der Waals surface area contributed by atoms with Gasteiger partial charge in [0.1, 0.15) is 0 Å². The Hall–Kier alpha value is -0.120. The Labute approximate surface area is 113 Å². The molecule has 18 heavy (non-hydrogen) atoms. The molecular formula is C15H33NO2. The zero-order chi connectivity index (χ0) is 14.4. The summed E-state index contributed by atoms with van der Waals surface area (Å²) < 4.78 is 5.10. The van der Waals surface area contributed by atoms with Gasteiger partial charge < -0.3 is 15.2 Å². The molecule has 0 saturated carbocycles. The van der Waals surface area contributed by atoms with Crippen LogP contribution in [0.4, 0.5) is 0 Å². The van der Waals surface area contributed by atoms with Crippen molar-refractivity contribution in [3.63, 3.8) is 0 Å². The van der Waals surface area contributed by atoms with Gasteiger partial charge in [0.2, 0.25) is 0 Å². The minimum absolute atomic E-state index is 0.0282. The number of methoxy groups -OCH3 is 1. The summed E-state index contributed by atoms with van der Waals surface area (Å²) >= 11 is 0. The maximum Gasteiger partial charge on any atom is 0.0744 e. The van der Waals surface area contributed by atoms with Crippen molar-refractivity contribution >= 4 is 0 Å². The van der Waals surface area contributed by atoms with E-state index in [4.69, 9.17) is 4.74 Å². The molecule has 2 unspecified atom stereocenters. The Morgan fingerprint density at radius 3 is 2.00 bits per heavy atom. The van der Waals surface area contributed by atoms with Crippen molar-refractivity contribution in [2.45, 2.75) is 78.0 Å². The maximum absolute atomic E-state index is 10.2. The van der Waals surface area contributed by atoms with Crippen LogP contribution in [0, 0.1) is 5.92 Å². The average molecular weight is 259 g/mol. The smallest absolute Gasteiger partial charge is 0.0744 e. The largest absolute Gasteiger partial charge is 0.389 e. The fourth-order valence-corrected chi connectivity index (χ4v) is 2.04. The van der Waals surface area contributed by atoms with Gasteiger partial charge in [-0.05, 0) is 59.8 Å². The highest BCUT2D eigenvalue weighted by Gasteiger charge is 2.29. The van der Waals surface area contributed by atoms with Crippen LogP contribution in [0.1, 0.15) is 60.8 Å². The van der Waals surface area contributed by atoms with Gasteiger partial charge in [-0.25, -0.2) is 0 Å². The van der Waals surface area contributed by atoms with Crippen LogP contribution in [-0.4, -0.2) is 36.0 Å². The molecule has 0 aromatic heterocycles. The summed E-state index contributed by atoms with van der Waals surface area (Å²) in [5.41, 5.74) is -0.658. The Morgan fingerprint density at radius 1 is 1.06 bits per heavy atom. The van der Waals surface area contributed by atoms with Crippen molar-refractivity contribution in [2.24, 2.45) is 5.92 Å². The molecule has 0 rings (SSSR count). The molecule has 2 atom stereocenters. The standard InChI is InChI=1S/C15H33NO2/c1-12(10-11-18-7)8-9-13(15(5,6)17)16-14(2,3)4/h12-13,16-17H,8-11H2,1-7H3. The van der Waals surface area contributed by atoms with E-state index in [2.05, 4.69) is 33.0 Å². The van der Waals surface area contributed by atoms with Crippen LogP contribution < -0.4 is 5.32 Å². The van der Waals surface area contributed by atoms with Crippen LogP contribution in [0.15, 0.2) is 0 Å². The molecule has 0 saturated heterocycles. The molecule has 0 aromatic rings. The molecular weight excluding hydrogens is 226 g/mol. The molecule has 0 aliphatic heterocycles. The molecule has 110 valence electrons. The minimum Gasteiger partial charge on any atom is -0.389 e. The van der Waals surface area contributed by atoms with Gasteiger partial charge in [0, 0.05) is 25.3 Å². The second-order valence-electron chi connectivity index (χ2n) is 7.06. The number of rotatable bonds is 8. The van der Waals surface area contributed by atoms with Crippen molar-refractivity contribution in [2.75, 3.05) is 13.7 Å². The van der Waals surface area contributed by atoms with Gasteiger partial charge in [0.25, 0.3) is 0 Å². The first-order valence-electron chi connectivity index (χ1n) is 7.05. The van der Waals surface area contributed by atoms with Gasteiger partial charge >= 0.3 is 0 Å². The van der Waals surface area contributed by atoms with Gasteiger partial charge in [-0.1, -0.05) is 6.92 Å². The molecule has 2 N–H and O–H groups in total. The normalized spacial score (nSPS) is 16.7. The number of nitrogens with one attached hydrogen (secondary N) is 1. The Bertz CT molecular complexity index is 216. The van der Waals surface area contributed by atoms with Crippen molar-refractivity contribution in [3.05, 3.63) is 0 Å². The lowest BCUT2D eigenvalue weighted by molar-refractivity contribution is 0.0219. The molecule has 0 heterocycles. The molecule has 0 fully saturated rings. The summed E-state index contributed by atoms with van der Waals surface area (Å²) in [7, 11) is 1.74. The van der Waals surface area contributed by atoms with Gasteiger partial charge in [-0.15, -0.1) is 0 Å². The third-order valence-electron chi connectivity index (χ3n) is 3.22. The lowest BCUT2D eigenvalue weighted by Crippen LogP contribution is -2.53. The summed E-state index contributed by atoms with van der Waals surface area (Å²) in [5, 5.41) is 13.8. The fourth-order valence-electron chi connectivity index (χ4n) is 2.04. The zero-order valence-electron chi connectivity index (χ0n) is 13.3. The highest BCUT2D eigenvalue weighted by atomic mass is 16.5. The quantitative estimate of drug-likeness (QED) is 0.704. The molecule has 0 aliphatic rings. The van der Waals surface area contributed by atoms with E-state index >= 15 is 0 Å². The first-order valence-corrected chi connectivity index (χ1v) is 7.05. The summed E-state index contributed by atoms with van der Waals surface area (Å²) in [6, 6.07) is 0.127. The molecule has 0 radical (unpaired) electrons. The van der Waals surface area contributed by atoms with E-state index in [1.807, 2.05) is 13.8 Å². The SMILES string of the molecule is COCCC(C)CCC(NC(C)(C)C)C(C)(C)O. The van der Waals surface area contributed by atoms with Crippen LogP contribution in [-0.2, 0) is 4.74 Å². The van der Waals surface area contributed by atoms with Crippen molar-refractivity contribution < 1.29 is 9.84 Å². The lowest BCUT2D eigenvalue weighted by atomic mass is 9.88. The maximum atomic E-state index is 10.2. The van der Waals surface area contributed by atoms with E-state index in [-0.39, 0.29) is 11.6 Å². The zero-order valence-corrected chi connectivity index (χ0v) is 13.3. The van der Waals surface area contributed by atoms with Gasteiger partial charge in [-0.3, -0.25) is 0 Å². The highest BCUT2D eigenvalue weighted by Crippen LogP contribution is 2.21. The fraction of sp³-hybridized carbons (Fsp3) is 1.00. The number of ether oxygens (including phenoxy) is 1. The Balaban J connectivity index is 4.26. The summed E-state index contributed by atoms with van der Waals surface area (Å²) in [4.78, 5) is 0. The Morgan fingerprint density at radius 2 is 1.61 bits per heavy atom. The average Bonchev–Trinajstić information content (AvgIpc) is 2.18. The molecule has 0 amide bonds. The van der Waals surface area contributed by atoms with Crippen LogP contribution in [0.5, 0.6) is 0 Å².